The topological polar surface area (TPSA) is 192 Å². The summed E-state index contributed by atoms with van der Waals surface area (Å²) in [7, 11) is 0. The van der Waals surface area contributed by atoms with Gasteiger partial charge in [0.05, 0.1) is 17.8 Å². The van der Waals surface area contributed by atoms with E-state index in [-0.39, 0.29) is 108 Å². The van der Waals surface area contributed by atoms with E-state index < -0.39 is 29.2 Å². The number of thiophene rings is 3. The lowest BCUT2D eigenvalue weighted by atomic mass is 9.93. The third-order valence-corrected chi connectivity index (χ3v) is 15.8. The van der Waals surface area contributed by atoms with Crippen LogP contribution in [0.3, 0.4) is 0 Å². The molecule has 15 nitrogen and oxygen atoms in total. The van der Waals surface area contributed by atoms with E-state index in [1.807, 2.05) is 117 Å². The molecule has 0 unspecified atom stereocenters. The van der Waals surface area contributed by atoms with E-state index in [9.17, 15) is 29.1 Å². The summed E-state index contributed by atoms with van der Waals surface area (Å²) in [5.41, 5.74) is 0.455. The lowest BCUT2D eigenvalue weighted by molar-refractivity contribution is -0.141. The van der Waals surface area contributed by atoms with Gasteiger partial charge in [0.1, 0.15) is 11.2 Å². The summed E-state index contributed by atoms with van der Waals surface area (Å²) in [5, 5.41) is 28.8. The summed E-state index contributed by atoms with van der Waals surface area (Å²) in [4.78, 5) is 77.0. The number of benzene rings is 2. The van der Waals surface area contributed by atoms with Crippen LogP contribution in [0.25, 0.3) is 21.5 Å². The average molecular weight is 1180 g/mol. The Kier molecular flexibility index (Phi) is 23.8. The van der Waals surface area contributed by atoms with Crippen molar-refractivity contribution in [2.75, 3.05) is 49.9 Å². The SMILES string of the molecule is CC(C)(C)OC(=O)N1C[C@@H](C(=O)Nc2cccc3cnccc23)[C@H](c2cccs2)C1.CC(C)(C)OC(=O)N1C[C@@H](C(=O)O)[C@H](c2cccs2)C1.O=C(Nc1cccc2cnccc12)[C@@H]1CNC[C@H]1c1cccs1.S.S.S.S. The number of nitrogens with one attached hydrogen (secondary N) is 3. The molecule has 7 aromatic rings. The Hall–Kier alpha value is -5.33. The Morgan fingerprint density at radius 2 is 0.961 bits per heavy atom. The molecule has 3 aliphatic rings. The second-order valence-corrected chi connectivity index (χ2v) is 23.2. The standard InChI is InChI=1S/C23H25N3O3S.C18H17N3OS.C14H19NO4S.4H2S/c1-23(2,3)29-22(28)26-13-17(20-8-5-11-30-20)18(14-26)21(27)25-19-7-4-6-15-12-24-10-9-16(15)19;22-18(15-11-20-10-14(15)17-5-2-8-23-17)21-16-4-1-3-12-9-19-7-6-13(12)16;1-14(2,3)19-13(18)15-7-9(10(8-15)12(16)17)11-5-4-6-20-11;;;;/h4-12,17-18H,13-14H2,1-3H3,(H,25,27);1-9,14-15,20H,10-11H2,(H,21,22);4-6,9-10H,7-8H2,1-3H3,(H,16,17);4*1H2/t17-,18-;14-,15-;9-,10-;;;;/m111..../s1. The van der Waals surface area contributed by atoms with Gasteiger partial charge in [-0.15, -0.1) is 34.0 Å². The van der Waals surface area contributed by atoms with Crippen LogP contribution in [0.1, 0.15) is 73.9 Å². The van der Waals surface area contributed by atoms with Crippen LogP contribution in [-0.4, -0.2) is 105 Å². The van der Waals surface area contributed by atoms with Gasteiger partial charge >= 0.3 is 18.2 Å². The minimum absolute atomic E-state index is 0. The third-order valence-electron chi connectivity index (χ3n) is 12.8. The molecule has 0 saturated carbocycles. The summed E-state index contributed by atoms with van der Waals surface area (Å²) in [5.74, 6) is -1.79. The maximum atomic E-state index is 13.3. The fourth-order valence-corrected chi connectivity index (χ4v) is 12.0. The van der Waals surface area contributed by atoms with Crippen LogP contribution in [0.15, 0.2) is 126 Å². The van der Waals surface area contributed by atoms with Crippen LogP contribution in [0.2, 0.25) is 0 Å². The number of carbonyl (C=O) groups is 5. The zero-order valence-corrected chi connectivity index (χ0v) is 50.1. The molecule has 8 heterocycles. The second kappa shape index (κ2) is 28.5. The van der Waals surface area contributed by atoms with Gasteiger partial charge in [-0.05, 0) is 100 Å². The number of hydrogen-bond donors (Lipinski definition) is 4. The van der Waals surface area contributed by atoms with E-state index in [0.29, 0.717) is 19.6 Å². The van der Waals surface area contributed by atoms with Gasteiger partial charge < -0.3 is 40.3 Å². The van der Waals surface area contributed by atoms with Gasteiger partial charge in [0.2, 0.25) is 11.8 Å². The van der Waals surface area contributed by atoms with Crippen LogP contribution >= 0.6 is 88.0 Å². The zero-order valence-electron chi connectivity index (χ0n) is 43.6. The van der Waals surface area contributed by atoms with E-state index in [1.165, 1.54) is 21.1 Å². The predicted molar refractivity (Wildman–Crippen MR) is 330 cm³/mol. The lowest BCUT2D eigenvalue weighted by Crippen LogP contribution is -2.36. The molecule has 5 aromatic heterocycles. The first-order valence-corrected chi connectivity index (χ1v) is 26.8. The number of aromatic nitrogens is 2. The first-order valence-electron chi connectivity index (χ1n) is 24.2. The number of pyridine rings is 2. The van der Waals surface area contributed by atoms with Crippen LogP contribution in [0, 0.1) is 17.8 Å². The van der Waals surface area contributed by atoms with Gasteiger partial charge in [-0.2, -0.15) is 54.0 Å². The van der Waals surface area contributed by atoms with Crippen molar-refractivity contribution >= 4 is 151 Å². The van der Waals surface area contributed by atoms with Gasteiger partial charge in [0.25, 0.3) is 0 Å². The Labute approximate surface area is 489 Å². The quantitative estimate of drug-likeness (QED) is 0.113. The highest BCUT2D eigenvalue weighted by Gasteiger charge is 2.44. The van der Waals surface area contributed by atoms with E-state index in [0.717, 1.165) is 55.8 Å². The number of aliphatic carboxylic acids is 1. The number of hydrogen-bond acceptors (Lipinski definition) is 13. The fourth-order valence-electron chi connectivity index (χ4n) is 9.33. The highest BCUT2D eigenvalue weighted by atomic mass is 32.1. The van der Waals surface area contributed by atoms with Crippen molar-refractivity contribution in [3.63, 3.8) is 0 Å². The molecule has 3 fully saturated rings. The normalized spacial score (nSPS) is 19.6. The zero-order chi connectivity index (χ0) is 51.9. The minimum atomic E-state index is -0.866. The molecule has 77 heavy (non-hydrogen) atoms. The smallest absolute Gasteiger partial charge is 0.410 e. The monoisotopic (exact) mass is 1180 g/mol. The fraction of sp³-hybridized carbons (Fsp3) is 0.364. The van der Waals surface area contributed by atoms with Gasteiger partial charge in [0.15, 0.2) is 0 Å². The molecule has 6 atom stereocenters. The molecule has 3 saturated heterocycles. The number of carboxylic acid groups (broad SMARTS) is 1. The van der Waals surface area contributed by atoms with E-state index >= 15 is 0 Å². The first-order chi connectivity index (χ1) is 34.9. The molecule has 22 heteroatoms. The number of carbonyl (C=O) groups excluding carboxylic acids is 4. The Balaban J connectivity index is 0.000000248. The van der Waals surface area contributed by atoms with Gasteiger partial charge in [0, 0.05) is 129 Å². The van der Waals surface area contributed by atoms with Gasteiger partial charge in [-0.3, -0.25) is 24.4 Å². The lowest BCUT2D eigenvalue weighted by Gasteiger charge is -2.24. The van der Waals surface area contributed by atoms with Crippen LogP contribution < -0.4 is 16.0 Å². The largest absolute Gasteiger partial charge is 0.481 e. The Morgan fingerprint density at radius 3 is 1.38 bits per heavy atom. The van der Waals surface area contributed by atoms with Crippen molar-refractivity contribution in [3.8, 4) is 0 Å². The van der Waals surface area contributed by atoms with Gasteiger partial charge in [-0.1, -0.05) is 42.5 Å². The number of fused-ring (bicyclic) bond motifs is 2. The van der Waals surface area contributed by atoms with Crippen molar-refractivity contribution in [1.82, 2.24) is 25.1 Å². The summed E-state index contributed by atoms with van der Waals surface area (Å²) in [6.07, 6.45) is 6.24. The molecule has 4 amide bonds. The van der Waals surface area contributed by atoms with E-state index in [1.54, 1.807) is 66.9 Å². The highest BCUT2D eigenvalue weighted by molar-refractivity contribution is 7.59. The molecule has 4 N–H and O–H groups in total. The third kappa shape index (κ3) is 16.6. The molecule has 414 valence electrons. The summed E-state index contributed by atoms with van der Waals surface area (Å²) in [6, 6.07) is 27.5. The van der Waals surface area contributed by atoms with Crippen LogP contribution in [0.4, 0.5) is 21.0 Å². The molecule has 0 radical (unpaired) electrons. The van der Waals surface area contributed by atoms with Crippen molar-refractivity contribution in [1.29, 1.82) is 0 Å². The average Bonchev–Trinajstić information content (AvgIpc) is 4.21. The Morgan fingerprint density at radius 1 is 0.545 bits per heavy atom. The predicted octanol–water partition coefficient (Wildman–Crippen LogP) is 11.4. The molecule has 0 spiro atoms. The van der Waals surface area contributed by atoms with Crippen molar-refractivity contribution < 1.29 is 38.6 Å². The summed E-state index contributed by atoms with van der Waals surface area (Å²) < 4.78 is 10.9. The van der Waals surface area contributed by atoms with Crippen LogP contribution in [-0.2, 0) is 23.9 Å². The maximum Gasteiger partial charge on any atom is 0.410 e. The highest BCUT2D eigenvalue weighted by Crippen LogP contribution is 2.39. The molecule has 0 aliphatic carbocycles. The van der Waals surface area contributed by atoms with E-state index in [2.05, 4.69) is 37.4 Å². The molecule has 10 rings (SSSR count). The molecule has 3 aliphatic heterocycles. The van der Waals surface area contributed by atoms with Crippen molar-refractivity contribution in [2.24, 2.45) is 17.8 Å². The number of nitrogens with zero attached hydrogens (tertiary/aromatic N) is 4. The molecular weight excluding hydrogens is 1110 g/mol. The molecular formula is C55H69N7O8S7. The molecule has 0 bridgehead atoms. The summed E-state index contributed by atoms with van der Waals surface area (Å²) in [6.45, 7) is 13.9. The van der Waals surface area contributed by atoms with Crippen molar-refractivity contribution in [3.05, 3.63) is 140 Å². The molecule has 2 aromatic carbocycles. The second-order valence-electron chi connectivity index (χ2n) is 20.2. The number of carboxylic acids is 1. The number of anilines is 2. The minimum Gasteiger partial charge on any atom is -0.481 e. The van der Waals surface area contributed by atoms with Crippen LogP contribution in [0.5, 0.6) is 0 Å². The summed E-state index contributed by atoms with van der Waals surface area (Å²) >= 11 is 4.86. The number of likely N-dealkylation sites (tertiary alicyclic amines) is 2. The van der Waals surface area contributed by atoms with Crippen molar-refractivity contribution in [2.45, 2.75) is 70.5 Å². The Bertz CT molecular complexity index is 3010. The van der Waals surface area contributed by atoms with E-state index in [4.69, 9.17) is 9.47 Å². The maximum absolute atomic E-state index is 13.3. The number of rotatable bonds is 8. The van der Waals surface area contributed by atoms with Gasteiger partial charge in [-0.25, -0.2) is 9.59 Å². The first kappa shape index (κ1) is 64.2. The number of ether oxygens (including phenoxy) is 2. The number of amides is 4.